The second kappa shape index (κ2) is 5.82. The predicted molar refractivity (Wildman–Crippen MR) is 93.3 cm³/mol. The van der Waals surface area contributed by atoms with Gasteiger partial charge in [-0.1, -0.05) is 51.2 Å². The van der Waals surface area contributed by atoms with Crippen LogP contribution in [0.2, 0.25) is 0 Å². The molecule has 1 aromatic heterocycles. The molecular formula is C17H21N3S. The molecule has 0 saturated heterocycles. The Morgan fingerprint density at radius 1 is 1.14 bits per heavy atom. The Bertz CT molecular complexity index is 672. The molecule has 0 spiro atoms. The fraction of sp³-hybridized carbons (Fsp3) is 0.294. The van der Waals surface area contributed by atoms with Gasteiger partial charge in [0.05, 0.1) is 5.56 Å². The van der Waals surface area contributed by atoms with Crippen molar-refractivity contribution in [3.63, 3.8) is 0 Å². The van der Waals surface area contributed by atoms with Gasteiger partial charge in [0.15, 0.2) is 0 Å². The Kier molecular flexibility index (Phi) is 4.28. The van der Waals surface area contributed by atoms with Gasteiger partial charge in [0.2, 0.25) is 0 Å². The van der Waals surface area contributed by atoms with Crippen molar-refractivity contribution in [2.45, 2.75) is 33.1 Å². The fourth-order valence-corrected chi connectivity index (χ4v) is 2.39. The van der Waals surface area contributed by atoms with Crippen LogP contribution >= 0.6 is 12.2 Å². The zero-order valence-electron chi connectivity index (χ0n) is 12.9. The van der Waals surface area contributed by atoms with E-state index in [0.29, 0.717) is 10.8 Å². The molecule has 1 aromatic carbocycles. The third-order valence-corrected chi connectivity index (χ3v) is 3.51. The number of pyridine rings is 1. The molecule has 0 fully saturated rings. The first kappa shape index (κ1) is 15.4. The van der Waals surface area contributed by atoms with E-state index in [0.717, 1.165) is 16.9 Å². The van der Waals surface area contributed by atoms with Crippen molar-refractivity contribution in [3.05, 3.63) is 53.2 Å². The van der Waals surface area contributed by atoms with Gasteiger partial charge in [-0.25, -0.2) is 4.98 Å². The number of thiocarbonyl (C=S) groups is 1. The van der Waals surface area contributed by atoms with Gasteiger partial charge in [-0.15, -0.1) is 0 Å². The standard InChI is InChI=1S/C17H21N3S/c1-11-9-10-12(15(18)21)16(19-11)20-14-8-6-5-7-13(14)17(2,3)4/h5-10H,1-4H3,(H2,18,21)(H,19,20). The quantitative estimate of drug-likeness (QED) is 0.839. The Morgan fingerprint density at radius 2 is 1.81 bits per heavy atom. The second-order valence-electron chi connectivity index (χ2n) is 6.13. The highest BCUT2D eigenvalue weighted by Crippen LogP contribution is 2.31. The van der Waals surface area contributed by atoms with Crippen molar-refractivity contribution in [3.8, 4) is 0 Å². The average molecular weight is 299 g/mol. The van der Waals surface area contributed by atoms with Gasteiger partial charge >= 0.3 is 0 Å². The van der Waals surface area contributed by atoms with Gasteiger partial charge in [0.25, 0.3) is 0 Å². The van der Waals surface area contributed by atoms with E-state index in [4.69, 9.17) is 18.0 Å². The zero-order chi connectivity index (χ0) is 15.6. The molecule has 4 heteroatoms. The third-order valence-electron chi connectivity index (χ3n) is 3.29. The molecule has 2 rings (SSSR count). The molecule has 0 aliphatic rings. The van der Waals surface area contributed by atoms with E-state index < -0.39 is 0 Å². The lowest BCUT2D eigenvalue weighted by atomic mass is 9.86. The monoisotopic (exact) mass is 299 g/mol. The molecule has 0 radical (unpaired) electrons. The summed E-state index contributed by atoms with van der Waals surface area (Å²) in [6.07, 6.45) is 0. The van der Waals surface area contributed by atoms with E-state index in [1.165, 1.54) is 5.56 Å². The van der Waals surface area contributed by atoms with Gasteiger partial charge in [0.1, 0.15) is 10.8 Å². The van der Waals surface area contributed by atoms with Crippen LogP contribution in [0.4, 0.5) is 11.5 Å². The molecule has 0 bridgehead atoms. The van der Waals surface area contributed by atoms with E-state index in [1.807, 2.05) is 37.3 Å². The largest absolute Gasteiger partial charge is 0.389 e. The Hall–Kier alpha value is -1.94. The number of hydrogen-bond donors (Lipinski definition) is 2. The number of hydrogen-bond acceptors (Lipinski definition) is 3. The summed E-state index contributed by atoms with van der Waals surface area (Å²) in [5, 5.41) is 3.39. The molecule has 0 saturated carbocycles. The number of anilines is 2. The van der Waals surface area contributed by atoms with Crippen molar-refractivity contribution in [1.29, 1.82) is 0 Å². The number of aryl methyl sites for hydroxylation is 1. The van der Waals surface area contributed by atoms with Crippen molar-refractivity contribution < 1.29 is 0 Å². The molecule has 1 heterocycles. The average Bonchev–Trinajstić information content (AvgIpc) is 2.37. The lowest BCUT2D eigenvalue weighted by Crippen LogP contribution is -2.16. The summed E-state index contributed by atoms with van der Waals surface area (Å²) >= 11 is 5.11. The lowest BCUT2D eigenvalue weighted by Gasteiger charge is -2.23. The van der Waals surface area contributed by atoms with Crippen molar-refractivity contribution in [2.75, 3.05) is 5.32 Å². The van der Waals surface area contributed by atoms with Gasteiger partial charge in [-0.3, -0.25) is 0 Å². The molecule has 0 aliphatic heterocycles. The zero-order valence-corrected chi connectivity index (χ0v) is 13.7. The third kappa shape index (κ3) is 3.58. The van der Waals surface area contributed by atoms with Crippen molar-refractivity contribution in [1.82, 2.24) is 4.98 Å². The number of benzene rings is 1. The number of nitrogens with one attached hydrogen (secondary N) is 1. The second-order valence-corrected chi connectivity index (χ2v) is 6.57. The van der Waals surface area contributed by atoms with E-state index >= 15 is 0 Å². The molecule has 110 valence electrons. The molecule has 2 aromatic rings. The van der Waals surface area contributed by atoms with Crippen LogP contribution in [-0.2, 0) is 5.41 Å². The van der Waals surface area contributed by atoms with Gasteiger partial charge in [-0.05, 0) is 36.1 Å². The summed E-state index contributed by atoms with van der Waals surface area (Å²) in [6, 6.07) is 12.0. The highest BCUT2D eigenvalue weighted by atomic mass is 32.1. The fourth-order valence-electron chi connectivity index (χ4n) is 2.22. The summed E-state index contributed by atoms with van der Waals surface area (Å²) in [7, 11) is 0. The number of aromatic nitrogens is 1. The molecule has 21 heavy (non-hydrogen) atoms. The minimum Gasteiger partial charge on any atom is -0.389 e. The molecule has 3 nitrogen and oxygen atoms in total. The van der Waals surface area contributed by atoms with E-state index in [2.05, 4.69) is 37.1 Å². The maximum absolute atomic E-state index is 5.79. The smallest absolute Gasteiger partial charge is 0.140 e. The molecule has 0 aliphatic carbocycles. The summed E-state index contributed by atoms with van der Waals surface area (Å²) in [4.78, 5) is 4.88. The summed E-state index contributed by atoms with van der Waals surface area (Å²) in [6.45, 7) is 8.51. The Balaban J connectivity index is 2.49. The molecular weight excluding hydrogens is 278 g/mol. The lowest BCUT2D eigenvalue weighted by molar-refractivity contribution is 0.592. The van der Waals surface area contributed by atoms with Crippen LogP contribution in [0.5, 0.6) is 0 Å². The minimum absolute atomic E-state index is 0.0385. The summed E-state index contributed by atoms with van der Waals surface area (Å²) < 4.78 is 0. The first-order valence-electron chi connectivity index (χ1n) is 6.93. The molecule has 3 N–H and O–H groups in total. The van der Waals surface area contributed by atoms with Crippen LogP contribution in [0, 0.1) is 6.92 Å². The van der Waals surface area contributed by atoms with Crippen LogP contribution in [0.1, 0.15) is 37.6 Å². The normalized spacial score (nSPS) is 11.2. The van der Waals surface area contributed by atoms with Gasteiger partial charge < -0.3 is 11.1 Å². The van der Waals surface area contributed by atoms with Crippen LogP contribution in [-0.4, -0.2) is 9.97 Å². The van der Waals surface area contributed by atoms with Crippen molar-refractivity contribution >= 4 is 28.7 Å². The van der Waals surface area contributed by atoms with Gasteiger partial charge in [-0.2, -0.15) is 0 Å². The maximum Gasteiger partial charge on any atom is 0.140 e. The molecule has 0 atom stereocenters. The maximum atomic E-state index is 5.79. The molecule has 0 amide bonds. The Labute approximate surface area is 131 Å². The first-order chi connectivity index (χ1) is 9.79. The predicted octanol–water partition coefficient (Wildman–Crippen LogP) is 4.07. The number of nitrogens with zero attached hydrogens (tertiary/aromatic N) is 1. The highest BCUT2D eigenvalue weighted by Gasteiger charge is 2.18. The first-order valence-corrected chi connectivity index (χ1v) is 7.34. The van der Waals surface area contributed by atoms with Gasteiger partial charge in [0, 0.05) is 11.4 Å². The summed E-state index contributed by atoms with van der Waals surface area (Å²) in [5.41, 5.74) is 9.77. The van der Waals surface area contributed by atoms with Crippen LogP contribution < -0.4 is 11.1 Å². The Morgan fingerprint density at radius 3 is 2.43 bits per heavy atom. The number of nitrogens with two attached hydrogens (primary N) is 1. The van der Waals surface area contributed by atoms with Crippen molar-refractivity contribution in [2.24, 2.45) is 5.73 Å². The van der Waals surface area contributed by atoms with E-state index in [9.17, 15) is 0 Å². The number of rotatable bonds is 3. The van der Waals surface area contributed by atoms with Crippen LogP contribution in [0.3, 0.4) is 0 Å². The minimum atomic E-state index is 0.0385. The molecule has 0 unspecified atom stereocenters. The van der Waals surface area contributed by atoms with Crippen LogP contribution in [0.15, 0.2) is 36.4 Å². The van der Waals surface area contributed by atoms with E-state index in [1.54, 1.807) is 0 Å². The number of para-hydroxylation sites is 1. The van der Waals surface area contributed by atoms with E-state index in [-0.39, 0.29) is 5.41 Å². The topological polar surface area (TPSA) is 50.9 Å². The summed E-state index contributed by atoms with van der Waals surface area (Å²) in [5.74, 6) is 0.708. The highest BCUT2D eigenvalue weighted by molar-refractivity contribution is 7.80. The van der Waals surface area contributed by atoms with Crippen LogP contribution in [0.25, 0.3) is 0 Å². The SMILES string of the molecule is Cc1ccc(C(N)=S)c(Nc2ccccc2C(C)(C)C)n1.